The number of methoxy groups -OCH3 is 1. The van der Waals surface area contributed by atoms with Crippen molar-refractivity contribution in [3.63, 3.8) is 0 Å². The van der Waals surface area contributed by atoms with E-state index in [0.29, 0.717) is 0 Å². The molecule has 0 saturated carbocycles. The molecule has 0 aliphatic carbocycles. The summed E-state index contributed by atoms with van der Waals surface area (Å²) < 4.78 is 5.27. The molecule has 0 aliphatic heterocycles. The summed E-state index contributed by atoms with van der Waals surface area (Å²) in [4.78, 5) is 0. The Morgan fingerprint density at radius 2 is 1.77 bits per heavy atom. The molecule has 70 valence electrons. The highest BCUT2D eigenvalue weighted by atomic mass is 16.5. The molecule has 0 spiro atoms. The number of hydrogen-bond acceptors (Lipinski definition) is 1. The zero-order valence-electron chi connectivity index (χ0n) is 8.45. The van der Waals surface area contributed by atoms with E-state index in [1.807, 2.05) is 32.0 Å². The van der Waals surface area contributed by atoms with Crippen molar-refractivity contribution in [2.45, 2.75) is 19.4 Å². The average Bonchev–Trinajstić information content (AvgIpc) is 2.17. The maximum absolute atomic E-state index is 5.27. The monoisotopic (exact) mass is 176 g/mol. The molecule has 0 aromatic heterocycles. The van der Waals surface area contributed by atoms with Crippen LogP contribution in [0.2, 0.25) is 0 Å². The van der Waals surface area contributed by atoms with Crippen LogP contribution in [0.3, 0.4) is 0 Å². The van der Waals surface area contributed by atoms with Gasteiger partial charge in [0.1, 0.15) is 0 Å². The van der Waals surface area contributed by atoms with Gasteiger partial charge in [-0.3, -0.25) is 0 Å². The highest BCUT2D eigenvalue weighted by Crippen LogP contribution is 2.12. The van der Waals surface area contributed by atoms with E-state index in [-0.39, 0.29) is 5.60 Å². The lowest BCUT2D eigenvalue weighted by Crippen LogP contribution is -2.18. The number of hydrogen-bond donors (Lipinski definition) is 0. The van der Waals surface area contributed by atoms with Gasteiger partial charge in [0.15, 0.2) is 0 Å². The fourth-order valence-electron chi connectivity index (χ4n) is 0.929. The van der Waals surface area contributed by atoms with Crippen molar-refractivity contribution in [2.24, 2.45) is 0 Å². The SMILES string of the molecule is COC(C)(C)/C=C/c1ccccc1. The lowest BCUT2D eigenvalue weighted by atomic mass is 10.1. The van der Waals surface area contributed by atoms with Gasteiger partial charge in [0.2, 0.25) is 0 Å². The molecule has 13 heavy (non-hydrogen) atoms. The summed E-state index contributed by atoms with van der Waals surface area (Å²) in [7, 11) is 1.72. The van der Waals surface area contributed by atoms with Crippen LogP contribution in [-0.2, 0) is 4.74 Å². The zero-order valence-corrected chi connectivity index (χ0v) is 8.45. The summed E-state index contributed by atoms with van der Waals surface area (Å²) in [6.45, 7) is 4.07. The molecule has 0 aliphatic rings. The Morgan fingerprint density at radius 1 is 1.15 bits per heavy atom. The fraction of sp³-hybridized carbons (Fsp3) is 0.333. The van der Waals surface area contributed by atoms with Crippen molar-refractivity contribution in [1.82, 2.24) is 0 Å². The second-order valence-electron chi connectivity index (χ2n) is 3.55. The molecule has 0 saturated heterocycles. The summed E-state index contributed by atoms with van der Waals surface area (Å²) in [5.41, 5.74) is 1.02. The molecule has 0 amide bonds. The lowest BCUT2D eigenvalue weighted by molar-refractivity contribution is 0.0663. The van der Waals surface area contributed by atoms with Crippen molar-refractivity contribution in [3.8, 4) is 0 Å². The Bertz CT molecular complexity index is 272. The third kappa shape index (κ3) is 3.43. The van der Waals surface area contributed by atoms with Crippen LogP contribution in [0, 0.1) is 0 Å². The van der Waals surface area contributed by atoms with Crippen molar-refractivity contribution in [2.75, 3.05) is 7.11 Å². The second-order valence-corrected chi connectivity index (χ2v) is 3.55. The van der Waals surface area contributed by atoms with Gasteiger partial charge >= 0.3 is 0 Å². The second kappa shape index (κ2) is 4.24. The van der Waals surface area contributed by atoms with E-state index in [1.54, 1.807) is 7.11 Å². The third-order valence-electron chi connectivity index (χ3n) is 2.00. The lowest BCUT2D eigenvalue weighted by Gasteiger charge is -2.17. The molecule has 1 nitrogen and oxygen atoms in total. The highest BCUT2D eigenvalue weighted by molar-refractivity contribution is 5.49. The molecular weight excluding hydrogens is 160 g/mol. The van der Waals surface area contributed by atoms with Gasteiger partial charge in [0, 0.05) is 7.11 Å². The van der Waals surface area contributed by atoms with E-state index in [2.05, 4.69) is 24.3 Å². The molecule has 0 radical (unpaired) electrons. The minimum atomic E-state index is -0.185. The topological polar surface area (TPSA) is 9.23 Å². The molecule has 0 fully saturated rings. The van der Waals surface area contributed by atoms with Crippen molar-refractivity contribution in [1.29, 1.82) is 0 Å². The van der Waals surface area contributed by atoms with Gasteiger partial charge in [-0.05, 0) is 19.4 Å². The first-order chi connectivity index (χ1) is 6.14. The summed E-state index contributed by atoms with van der Waals surface area (Å²) in [5, 5.41) is 0. The van der Waals surface area contributed by atoms with E-state index >= 15 is 0 Å². The van der Waals surface area contributed by atoms with E-state index in [0.717, 1.165) is 0 Å². The molecule has 1 aromatic carbocycles. The van der Waals surface area contributed by atoms with E-state index in [1.165, 1.54) is 5.56 Å². The van der Waals surface area contributed by atoms with Crippen LogP contribution in [0.1, 0.15) is 19.4 Å². The summed E-state index contributed by atoms with van der Waals surface area (Å²) in [6.07, 6.45) is 4.13. The van der Waals surface area contributed by atoms with E-state index in [9.17, 15) is 0 Å². The van der Waals surface area contributed by atoms with Crippen LogP contribution in [-0.4, -0.2) is 12.7 Å². The maximum Gasteiger partial charge on any atom is 0.0805 e. The Morgan fingerprint density at radius 3 is 2.31 bits per heavy atom. The van der Waals surface area contributed by atoms with Gasteiger partial charge in [-0.1, -0.05) is 42.5 Å². The molecule has 0 bridgehead atoms. The quantitative estimate of drug-likeness (QED) is 0.687. The van der Waals surface area contributed by atoms with Gasteiger partial charge in [0.25, 0.3) is 0 Å². The molecule has 1 aromatic rings. The predicted octanol–water partition coefficient (Wildman–Crippen LogP) is 3.12. The van der Waals surface area contributed by atoms with Crippen LogP contribution in [0.5, 0.6) is 0 Å². The van der Waals surface area contributed by atoms with Crippen LogP contribution < -0.4 is 0 Å². The minimum Gasteiger partial charge on any atom is -0.375 e. The molecular formula is C12H16O. The normalized spacial score (nSPS) is 12.2. The summed E-state index contributed by atoms with van der Waals surface area (Å²) in [6, 6.07) is 10.2. The molecule has 0 atom stereocenters. The largest absolute Gasteiger partial charge is 0.375 e. The molecule has 0 unspecified atom stereocenters. The minimum absolute atomic E-state index is 0.185. The smallest absolute Gasteiger partial charge is 0.0805 e. The van der Waals surface area contributed by atoms with Gasteiger partial charge in [-0.15, -0.1) is 0 Å². The molecule has 1 rings (SSSR count). The Hall–Kier alpha value is -1.08. The fourth-order valence-corrected chi connectivity index (χ4v) is 0.929. The molecule has 0 N–H and O–H groups in total. The van der Waals surface area contributed by atoms with Gasteiger partial charge < -0.3 is 4.74 Å². The van der Waals surface area contributed by atoms with Gasteiger partial charge in [-0.2, -0.15) is 0 Å². The first-order valence-corrected chi connectivity index (χ1v) is 4.43. The predicted molar refractivity (Wildman–Crippen MR) is 56.6 cm³/mol. The Balaban J connectivity index is 2.69. The van der Waals surface area contributed by atoms with E-state index in [4.69, 9.17) is 4.74 Å². The van der Waals surface area contributed by atoms with E-state index < -0.39 is 0 Å². The van der Waals surface area contributed by atoms with Crippen LogP contribution in [0.25, 0.3) is 6.08 Å². The van der Waals surface area contributed by atoms with Crippen LogP contribution in [0.15, 0.2) is 36.4 Å². The summed E-state index contributed by atoms with van der Waals surface area (Å²) in [5.74, 6) is 0. The van der Waals surface area contributed by atoms with Crippen molar-refractivity contribution >= 4 is 6.08 Å². The molecule has 1 heteroatoms. The first-order valence-electron chi connectivity index (χ1n) is 4.43. The highest BCUT2D eigenvalue weighted by Gasteiger charge is 2.09. The van der Waals surface area contributed by atoms with Crippen LogP contribution in [0.4, 0.5) is 0 Å². The molecule has 0 heterocycles. The van der Waals surface area contributed by atoms with Crippen LogP contribution >= 0.6 is 0 Å². The standard InChI is InChI=1S/C12H16O/c1-12(2,13-3)10-9-11-7-5-4-6-8-11/h4-10H,1-3H3/b10-9+. The third-order valence-corrected chi connectivity index (χ3v) is 2.00. The number of benzene rings is 1. The number of rotatable bonds is 3. The van der Waals surface area contributed by atoms with Gasteiger partial charge in [-0.25, -0.2) is 0 Å². The van der Waals surface area contributed by atoms with Crippen molar-refractivity contribution in [3.05, 3.63) is 42.0 Å². The zero-order chi connectivity index (χ0) is 9.73. The van der Waals surface area contributed by atoms with Crippen molar-refractivity contribution < 1.29 is 4.74 Å². The first kappa shape index (κ1) is 10.0. The Labute approximate surface area is 80.0 Å². The summed E-state index contributed by atoms with van der Waals surface area (Å²) >= 11 is 0. The maximum atomic E-state index is 5.27. The van der Waals surface area contributed by atoms with Gasteiger partial charge in [0.05, 0.1) is 5.60 Å². The number of ether oxygens (including phenoxy) is 1. The Kier molecular flexibility index (Phi) is 3.26. The average molecular weight is 176 g/mol.